The number of fused-ring (bicyclic) bond motifs is 1. The Bertz CT molecular complexity index is 1410. The number of amides is 1. The average Bonchev–Trinajstić information content (AvgIpc) is 2.85. The fraction of sp³-hybridized carbons (Fsp3) is 0.385. The summed E-state index contributed by atoms with van der Waals surface area (Å²) >= 11 is 6.62. The highest BCUT2D eigenvalue weighted by atomic mass is 35.5. The highest BCUT2D eigenvalue weighted by Gasteiger charge is 2.29. The Labute approximate surface area is 220 Å². The third-order valence-electron chi connectivity index (χ3n) is 6.18. The molecular formula is C26H31ClN6O4. The SMILES string of the molecule is CNc1ncc2cc(-c3cc(OC)cc(OC)c3Cl)c(=O)n(CCNC3CN(C(=O)C=C(C)C)C3)c2n1. The number of hydrogen-bond acceptors (Lipinski definition) is 8. The van der Waals surface area contributed by atoms with Gasteiger partial charge in [-0.3, -0.25) is 14.2 Å². The van der Waals surface area contributed by atoms with Gasteiger partial charge in [-0.25, -0.2) is 4.98 Å². The number of methoxy groups -OCH3 is 2. The van der Waals surface area contributed by atoms with E-state index >= 15 is 0 Å². The number of carbonyl (C=O) groups excluding carboxylic acids is 1. The maximum absolute atomic E-state index is 13.8. The quantitative estimate of drug-likeness (QED) is 0.409. The van der Waals surface area contributed by atoms with E-state index < -0.39 is 0 Å². The second kappa shape index (κ2) is 11.2. The molecule has 2 aromatic heterocycles. The van der Waals surface area contributed by atoms with Crippen molar-refractivity contribution in [3.63, 3.8) is 0 Å². The summed E-state index contributed by atoms with van der Waals surface area (Å²) in [5.41, 5.74) is 2.12. The van der Waals surface area contributed by atoms with E-state index in [2.05, 4.69) is 20.6 Å². The predicted molar refractivity (Wildman–Crippen MR) is 145 cm³/mol. The number of pyridine rings is 1. The lowest BCUT2D eigenvalue weighted by Gasteiger charge is -2.39. The Morgan fingerprint density at radius 1 is 1.19 bits per heavy atom. The van der Waals surface area contributed by atoms with Crippen LogP contribution in [0.1, 0.15) is 13.8 Å². The van der Waals surface area contributed by atoms with Crippen molar-refractivity contribution in [2.45, 2.75) is 26.4 Å². The first-order chi connectivity index (χ1) is 17.7. The summed E-state index contributed by atoms with van der Waals surface area (Å²) in [7, 11) is 4.77. The van der Waals surface area contributed by atoms with Gasteiger partial charge in [0.15, 0.2) is 0 Å². The molecule has 0 radical (unpaired) electrons. The van der Waals surface area contributed by atoms with Crippen LogP contribution in [-0.4, -0.2) is 72.3 Å². The maximum atomic E-state index is 13.8. The first kappa shape index (κ1) is 26.4. The lowest BCUT2D eigenvalue weighted by atomic mass is 10.0. The zero-order valence-electron chi connectivity index (χ0n) is 21.6. The number of likely N-dealkylation sites (tertiary alicyclic amines) is 1. The van der Waals surface area contributed by atoms with Crippen molar-refractivity contribution >= 4 is 34.5 Å². The van der Waals surface area contributed by atoms with Crippen LogP contribution in [-0.2, 0) is 11.3 Å². The van der Waals surface area contributed by atoms with Crippen molar-refractivity contribution in [3.8, 4) is 22.6 Å². The molecule has 196 valence electrons. The van der Waals surface area contributed by atoms with Crippen molar-refractivity contribution in [2.75, 3.05) is 46.2 Å². The molecule has 1 aliphatic rings. The molecule has 1 amide bonds. The van der Waals surface area contributed by atoms with Crippen molar-refractivity contribution in [3.05, 3.63) is 51.4 Å². The van der Waals surface area contributed by atoms with Crippen molar-refractivity contribution in [1.82, 2.24) is 24.8 Å². The Morgan fingerprint density at radius 3 is 2.59 bits per heavy atom. The Hall–Kier alpha value is -3.63. The standard InChI is InChI=1S/C26H31ClN6O4/c1-15(2)8-22(34)32-13-17(14-32)29-6-7-33-24-16(12-30-26(28-3)31-24)9-20(25(33)35)19-10-18(36-4)11-21(37-5)23(19)27/h8-12,17,29H,6-7,13-14H2,1-5H3,(H,28,30,31). The first-order valence-corrected chi connectivity index (χ1v) is 12.3. The number of benzene rings is 1. The van der Waals surface area contributed by atoms with Crippen LogP contribution in [0.3, 0.4) is 0 Å². The van der Waals surface area contributed by atoms with E-state index in [-0.39, 0.29) is 17.5 Å². The number of nitrogens with one attached hydrogen (secondary N) is 2. The number of anilines is 1. The van der Waals surface area contributed by atoms with Crippen molar-refractivity contribution in [2.24, 2.45) is 0 Å². The number of halogens is 1. The molecule has 1 fully saturated rings. The summed E-state index contributed by atoms with van der Waals surface area (Å²) in [6.07, 6.45) is 3.32. The first-order valence-electron chi connectivity index (χ1n) is 11.9. The molecule has 0 bridgehead atoms. The van der Waals surface area contributed by atoms with Gasteiger partial charge in [0.1, 0.15) is 17.1 Å². The van der Waals surface area contributed by atoms with Gasteiger partial charge in [0.05, 0.1) is 19.2 Å². The number of allylic oxidation sites excluding steroid dienone is 1. The van der Waals surface area contributed by atoms with E-state index in [1.165, 1.54) is 7.11 Å². The van der Waals surface area contributed by atoms with Crippen LogP contribution in [0.5, 0.6) is 11.5 Å². The highest BCUT2D eigenvalue weighted by Crippen LogP contribution is 2.38. The number of aromatic nitrogens is 3. The molecule has 0 unspecified atom stereocenters. The molecule has 0 spiro atoms. The zero-order chi connectivity index (χ0) is 26.7. The Balaban J connectivity index is 1.65. The highest BCUT2D eigenvalue weighted by molar-refractivity contribution is 6.35. The summed E-state index contributed by atoms with van der Waals surface area (Å²) < 4.78 is 12.4. The Kier molecular flexibility index (Phi) is 7.99. The molecule has 0 aliphatic carbocycles. The second-order valence-electron chi connectivity index (χ2n) is 9.04. The Morgan fingerprint density at radius 2 is 1.95 bits per heavy atom. The van der Waals surface area contributed by atoms with E-state index in [0.29, 0.717) is 70.8 Å². The monoisotopic (exact) mass is 526 g/mol. The zero-order valence-corrected chi connectivity index (χ0v) is 22.3. The minimum atomic E-state index is -0.249. The van der Waals surface area contributed by atoms with Gasteiger partial charge < -0.3 is 25.0 Å². The van der Waals surface area contributed by atoms with Gasteiger partial charge in [0, 0.05) is 74.1 Å². The predicted octanol–water partition coefficient (Wildman–Crippen LogP) is 2.94. The molecule has 11 heteroatoms. The van der Waals surface area contributed by atoms with Crippen molar-refractivity contribution < 1.29 is 14.3 Å². The van der Waals surface area contributed by atoms with E-state index in [4.69, 9.17) is 21.1 Å². The van der Waals surface area contributed by atoms with Crippen LogP contribution in [0.25, 0.3) is 22.2 Å². The van der Waals surface area contributed by atoms with Crippen LogP contribution < -0.4 is 25.7 Å². The van der Waals surface area contributed by atoms with Crippen LogP contribution in [0, 0.1) is 0 Å². The average molecular weight is 527 g/mol. The van der Waals surface area contributed by atoms with Crippen LogP contribution >= 0.6 is 11.6 Å². The fourth-order valence-electron chi connectivity index (χ4n) is 4.22. The third kappa shape index (κ3) is 5.55. The molecule has 10 nitrogen and oxygen atoms in total. The lowest BCUT2D eigenvalue weighted by Crippen LogP contribution is -2.60. The van der Waals surface area contributed by atoms with Gasteiger partial charge >= 0.3 is 0 Å². The van der Waals surface area contributed by atoms with E-state index in [0.717, 1.165) is 5.57 Å². The summed E-state index contributed by atoms with van der Waals surface area (Å²) in [6.45, 7) is 5.94. The number of hydrogen-bond donors (Lipinski definition) is 2. The fourth-order valence-corrected chi connectivity index (χ4v) is 4.51. The molecule has 37 heavy (non-hydrogen) atoms. The molecule has 1 aliphatic heterocycles. The van der Waals surface area contributed by atoms with Crippen LogP contribution in [0.4, 0.5) is 5.95 Å². The molecule has 4 rings (SSSR count). The smallest absolute Gasteiger partial charge is 0.260 e. The number of carbonyl (C=O) groups is 1. The van der Waals surface area contributed by atoms with E-state index in [9.17, 15) is 9.59 Å². The molecule has 0 saturated carbocycles. The molecule has 1 aromatic carbocycles. The summed E-state index contributed by atoms with van der Waals surface area (Å²) in [6, 6.07) is 5.28. The number of ether oxygens (including phenoxy) is 2. The van der Waals surface area contributed by atoms with Gasteiger partial charge in [-0.1, -0.05) is 17.2 Å². The van der Waals surface area contributed by atoms with Gasteiger partial charge in [-0.15, -0.1) is 0 Å². The number of nitrogens with zero attached hydrogens (tertiary/aromatic N) is 4. The van der Waals surface area contributed by atoms with E-state index in [1.807, 2.05) is 13.8 Å². The van der Waals surface area contributed by atoms with Gasteiger partial charge in [-0.2, -0.15) is 4.98 Å². The maximum Gasteiger partial charge on any atom is 0.260 e. The topological polar surface area (TPSA) is 111 Å². The van der Waals surface area contributed by atoms with E-state index in [1.54, 1.807) is 54.1 Å². The second-order valence-corrected chi connectivity index (χ2v) is 9.42. The molecular weight excluding hydrogens is 496 g/mol. The molecule has 1 saturated heterocycles. The third-order valence-corrected chi connectivity index (χ3v) is 6.57. The molecule has 0 atom stereocenters. The number of rotatable bonds is 9. The van der Waals surface area contributed by atoms with Gasteiger partial charge in [0.2, 0.25) is 11.9 Å². The minimum Gasteiger partial charge on any atom is -0.497 e. The minimum absolute atomic E-state index is 0.0230. The summed E-state index contributed by atoms with van der Waals surface area (Å²) in [4.78, 5) is 36.6. The molecule has 3 aromatic rings. The van der Waals surface area contributed by atoms with Crippen molar-refractivity contribution in [1.29, 1.82) is 0 Å². The summed E-state index contributed by atoms with van der Waals surface area (Å²) in [5.74, 6) is 1.36. The normalized spacial score (nSPS) is 13.3. The summed E-state index contributed by atoms with van der Waals surface area (Å²) in [5, 5.41) is 7.36. The van der Waals surface area contributed by atoms with Gasteiger partial charge in [0.25, 0.3) is 5.56 Å². The van der Waals surface area contributed by atoms with Crippen LogP contribution in [0.2, 0.25) is 5.02 Å². The molecule has 3 heterocycles. The largest absolute Gasteiger partial charge is 0.497 e. The molecule has 2 N–H and O–H groups in total. The lowest BCUT2D eigenvalue weighted by molar-refractivity contribution is -0.130. The van der Waals surface area contributed by atoms with Gasteiger partial charge in [-0.05, 0) is 26.0 Å². The van der Waals surface area contributed by atoms with Crippen LogP contribution in [0.15, 0.2) is 40.8 Å².